The minimum Gasteiger partial charge on any atom is -0.381 e. The van der Waals surface area contributed by atoms with Crippen molar-refractivity contribution in [2.75, 3.05) is 32.8 Å². The van der Waals surface area contributed by atoms with E-state index in [0.717, 1.165) is 73.9 Å². The molecule has 0 aromatic carbocycles. The molecule has 2 fully saturated rings. The van der Waals surface area contributed by atoms with Crippen molar-refractivity contribution >= 4 is 5.91 Å². The molecule has 1 atom stereocenters. The number of aryl methyl sites for hydroxylation is 2. The number of aromatic nitrogens is 2. The summed E-state index contributed by atoms with van der Waals surface area (Å²) >= 11 is 0. The van der Waals surface area contributed by atoms with Gasteiger partial charge in [-0.25, -0.2) is 0 Å². The first-order valence-corrected chi connectivity index (χ1v) is 10.5. The van der Waals surface area contributed by atoms with E-state index in [1.165, 1.54) is 0 Å². The number of nitrogens with one attached hydrogen (secondary N) is 2. The molecule has 1 unspecified atom stereocenters. The van der Waals surface area contributed by atoms with E-state index in [9.17, 15) is 4.79 Å². The Balaban J connectivity index is 1.41. The summed E-state index contributed by atoms with van der Waals surface area (Å²) in [4.78, 5) is 13.2. The predicted octanol–water partition coefficient (Wildman–Crippen LogP) is 2.05. The number of carbonyl (C=O) groups excluding carboxylic acids is 1. The SMILES string of the molecule is Cc1noc(C)c1CCNC(=O)C1(Cc2cc(C3CCOC3)no2)CCNCC1. The standard InChI is InChI=1S/C21H30N4O4/c1-14-18(15(2)28-24-14)3-7-23-20(26)21(5-8-22-9-6-21)12-17-11-19(25-29-17)16-4-10-27-13-16/h11,16,22H,3-10,12-13H2,1-2H3,(H,23,26). The Hall–Kier alpha value is -2.19. The lowest BCUT2D eigenvalue weighted by Crippen LogP contribution is -2.49. The molecule has 0 radical (unpaired) electrons. The normalized spacial score (nSPS) is 21.4. The molecule has 2 saturated heterocycles. The lowest BCUT2D eigenvalue weighted by Gasteiger charge is -2.35. The second kappa shape index (κ2) is 8.67. The summed E-state index contributed by atoms with van der Waals surface area (Å²) in [5, 5.41) is 14.7. The van der Waals surface area contributed by atoms with E-state index >= 15 is 0 Å². The van der Waals surface area contributed by atoms with Crippen molar-refractivity contribution in [3.8, 4) is 0 Å². The van der Waals surface area contributed by atoms with Gasteiger partial charge in [-0.15, -0.1) is 0 Å². The Morgan fingerprint density at radius 2 is 2.10 bits per heavy atom. The van der Waals surface area contributed by atoms with Gasteiger partial charge in [-0.3, -0.25) is 4.79 Å². The Kier molecular flexibility index (Phi) is 6.01. The fourth-order valence-corrected chi connectivity index (χ4v) is 4.44. The van der Waals surface area contributed by atoms with Crippen LogP contribution in [0.1, 0.15) is 53.7 Å². The van der Waals surface area contributed by atoms with Gasteiger partial charge in [0.05, 0.1) is 23.4 Å². The number of ether oxygens (including phenoxy) is 1. The maximum atomic E-state index is 13.2. The summed E-state index contributed by atoms with van der Waals surface area (Å²) in [7, 11) is 0. The maximum absolute atomic E-state index is 13.2. The Labute approximate surface area is 170 Å². The third kappa shape index (κ3) is 4.38. The second-order valence-electron chi connectivity index (χ2n) is 8.29. The second-order valence-corrected chi connectivity index (χ2v) is 8.29. The molecule has 0 saturated carbocycles. The number of hydrogen-bond donors (Lipinski definition) is 2. The van der Waals surface area contributed by atoms with Gasteiger partial charge in [0.15, 0.2) is 0 Å². The molecule has 2 aliphatic rings. The van der Waals surface area contributed by atoms with Gasteiger partial charge < -0.3 is 24.4 Å². The van der Waals surface area contributed by atoms with Crippen molar-refractivity contribution in [3.63, 3.8) is 0 Å². The Bertz CT molecular complexity index is 812. The molecule has 158 valence electrons. The third-order valence-corrected chi connectivity index (χ3v) is 6.32. The molecule has 2 aliphatic heterocycles. The quantitative estimate of drug-likeness (QED) is 0.731. The highest BCUT2D eigenvalue weighted by molar-refractivity contribution is 5.83. The zero-order valence-electron chi connectivity index (χ0n) is 17.3. The van der Waals surface area contributed by atoms with Gasteiger partial charge in [-0.05, 0) is 52.6 Å². The van der Waals surface area contributed by atoms with Crippen molar-refractivity contribution < 1.29 is 18.6 Å². The average Bonchev–Trinajstić information content (AvgIpc) is 3.46. The van der Waals surface area contributed by atoms with E-state index in [4.69, 9.17) is 13.8 Å². The highest BCUT2D eigenvalue weighted by Crippen LogP contribution is 2.35. The van der Waals surface area contributed by atoms with Crippen LogP contribution in [-0.4, -0.2) is 49.1 Å². The van der Waals surface area contributed by atoms with Gasteiger partial charge in [0.25, 0.3) is 0 Å². The molecular formula is C21H30N4O4. The van der Waals surface area contributed by atoms with Crippen LogP contribution in [0.2, 0.25) is 0 Å². The Morgan fingerprint density at radius 3 is 2.79 bits per heavy atom. The third-order valence-electron chi connectivity index (χ3n) is 6.32. The first kappa shape index (κ1) is 20.1. The summed E-state index contributed by atoms with van der Waals surface area (Å²) in [6.07, 6.45) is 3.84. The first-order chi connectivity index (χ1) is 14.1. The molecular weight excluding hydrogens is 372 g/mol. The van der Waals surface area contributed by atoms with Crippen LogP contribution in [-0.2, 0) is 22.4 Å². The van der Waals surface area contributed by atoms with Gasteiger partial charge in [0, 0.05) is 37.1 Å². The van der Waals surface area contributed by atoms with Crippen LogP contribution in [0.4, 0.5) is 0 Å². The summed E-state index contributed by atoms with van der Waals surface area (Å²) in [5.41, 5.74) is 2.44. The van der Waals surface area contributed by atoms with Crippen LogP contribution in [0.3, 0.4) is 0 Å². The molecule has 2 aromatic heterocycles. The highest BCUT2D eigenvalue weighted by atomic mass is 16.5. The molecule has 8 nitrogen and oxygen atoms in total. The number of amides is 1. The van der Waals surface area contributed by atoms with Crippen LogP contribution in [0.25, 0.3) is 0 Å². The van der Waals surface area contributed by atoms with Crippen LogP contribution in [0, 0.1) is 19.3 Å². The predicted molar refractivity (Wildman–Crippen MR) is 106 cm³/mol. The molecule has 0 bridgehead atoms. The summed E-state index contributed by atoms with van der Waals surface area (Å²) < 4.78 is 16.3. The van der Waals surface area contributed by atoms with Crippen LogP contribution in [0.15, 0.2) is 15.1 Å². The fraction of sp³-hybridized carbons (Fsp3) is 0.667. The van der Waals surface area contributed by atoms with E-state index in [1.807, 2.05) is 19.9 Å². The minimum absolute atomic E-state index is 0.0907. The molecule has 4 heterocycles. The number of carbonyl (C=O) groups is 1. The fourth-order valence-electron chi connectivity index (χ4n) is 4.44. The van der Waals surface area contributed by atoms with Gasteiger partial charge in [-0.2, -0.15) is 0 Å². The smallest absolute Gasteiger partial charge is 0.226 e. The van der Waals surface area contributed by atoms with E-state index in [2.05, 4.69) is 20.9 Å². The topological polar surface area (TPSA) is 102 Å². The van der Waals surface area contributed by atoms with Crippen molar-refractivity contribution in [1.29, 1.82) is 0 Å². The molecule has 0 aliphatic carbocycles. The van der Waals surface area contributed by atoms with E-state index < -0.39 is 5.41 Å². The lowest BCUT2D eigenvalue weighted by molar-refractivity contribution is -0.132. The largest absolute Gasteiger partial charge is 0.381 e. The number of nitrogens with zero attached hydrogens (tertiary/aromatic N) is 2. The molecule has 2 N–H and O–H groups in total. The van der Waals surface area contributed by atoms with Crippen LogP contribution < -0.4 is 10.6 Å². The number of hydrogen-bond acceptors (Lipinski definition) is 7. The summed E-state index contributed by atoms with van der Waals surface area (Å²) in [5.74, 6) is 2.00. The van der Waals surface area contributed by atoms with Gasteiger partial charge in [0.2, 0.25) is 5.91 Å². The van der Waals surface area contributed by atoms with Gasteiger partial charge in [-0.1, -0.05) is 10.3 Å². The van der Waals surface area contributed by atoms with E-state index in [0.29, 0.717) is 25.5 Å². The number of piperidine rings is 1. The summed E-state index contributed by atoms with van der Waals surface area (Å²) in [6.45, 7) is 7.53. The zero-order chi connectivity index (χ0) is 20.3. The van der Waals surface area contributed by atoms with Crippen molar-refractivity contribution in [3.05, 3.63) is 34.5 Å². The highest BCUT2D eigenvalue weighted by Gasteiger charge is 2.40. The van der Waals surface area contributed by atoms with E-state index in [-0.39, 0.29) is 5.91 Å². The van der Waals surface area contributed by atoms with Crippen molar-refractivity contribution in [2.24, 2.45) is 5.41 Å². The van der Waals surface area contributed by atoms with Crippen LogP contribution >= 0.6 is 0 Å². The van der Waals surface area contributed by atoms with E-state index in [1.54, 1.807) is 0 Å². The maximum Gasteiger partial charge on any atom is 0.226 e. The molecule has 4 rings (SSSR count). The van der Waals surface area contributed by atoms with Gasteiger partial charge in [0.1, 0.15) is 11.5 Å². The monoisotopic (exact) mass is 402 g/mol. The lowest BCUT2D eigenvalue weighted by atomic mass is 9.74. The zero-order valence-corrected chi connectivity index (χ0v) is 17.3. The van der Waals surface area contributed by atoms with Crippen molar-refractivity contribution in [1.82, 2.24) is 20.9 Å². The Morgan fingerprint density at radius 1 is 1.28 bits per heavy atom. The number of rotatable bonds is 7. The first-order valence-electron chi connectivity index (χ1n) is 10.5. The van der Waals surface area contributed by atoms with Gasteiger partial charge >= 0.3 is 0 Å². The molecule has 0 spiro atoms. The molecule has 29 heavy (non-hydrogen) atoms. The molecule has 8 heteroatoms. The average molecular weight is 402 g/mol. The molecule has 2 aromatic rings. The summed E-state index contributed by atoms with van der Waals surface area (Å²) in [6, 6.07) is 2.01. The van der Waals surface area contributed by atoms with Crippen LogP contribution in [0.5, 0.6) is 0 Å². The molecule has 1 amide bonds. The minimum atomic E-state index is -0.465. The van der Waals surface area contributed by atoms with Crippen molar-refractivity contribution in [2.45, 2.75) is 51.9 Å².